The molecule has 0 saturated carbocycles. The van der Waals surface area contributed by atoms with Crippen molar-refractivity contribution >= 4 is 44.4 Å². The number of carboxylic acids is 1. The highest BCUT2D eigenvalue weighted by Gasteiger charge is 2.25. The lowest BCUT2D eigenvalue weighted by Crippen LogP contribution is -2.46. The number of benzene rings is 2. The summed E-state index contributed by atoms with van der Waals surface area (Å²) >= 11 is 1.65. The molecule has 0 bridgehead atoms. The molecule has 5 heterocycles. The Labute approximate surface area is 247 Å². The van der Waals surface area contributed by atoms with Crippen molar-refractivity contribution in [1.82, 2.24) is 24.4 Å². The number of rotatable bonds is 9. The number of para-hydroxylation sites is 1. The van der Waals surface area contributed by atoms with Gasteiger partial charge in [-0.25, -0.2) is 14.8 Å². The van der Waals surface area contributed by atoms with Crippen LogP contribution in [-0.4, -0.2) is 74.4 Å². The van der Waals surface area contributed by atoms with Crippen LogP contribution in [0.4, 0.5) is 5.82 Å². The lowest BCUT2D eigenvalue weighted by molar-refractivity contribution is -0.0592. The molecular formula is C31H32N6O4S. The van der Waals surface area contributed by atoms with Crippen molar-refractivity contribution in [1.29, 1.82) is 0 Å². The highest BCUT2D eigenvalue weighted by atomic mass is 32.1. The van der Waals surface area contributed by atoms with Crippen LogP contribution >= 0.6 is 11.3 Å². The fourth-order valence-electron chi connectivity index (χ4n) is 5.54. The maximum Gasteiger partial charge on any atom is 0.335 e. The second-order valence-corrected chi connectivity index (χ2v) is 11.9. The van der Waals surface area contributed by atoms with Gasteiger partial charge in [-0.05, 0) is 49.7 Å². The standard InChI is InChI=1S/C31H32N6O4S/c1-20(30-33-24-5-2-3-6-26(24)42-30)41-29-8-4-7-27(34-29)36-14-12-35(13-15-36)19-28-32-23-10-9-21(31(38)39)17-25(23)37(28)18-22-11-16-40-22/h2-10,17,20,22H,11-16,18-19H2,1H3,(H,38,39)/t20-,22+/m1/s1. The molecular weight excluding hydrogens is 552 g/mol. The predicted octanol–water partition coefficient (Wildman–Crippen LogP) is 4.99. The summed E-state index contributed by atoms with van der Waals surface area (Å²) in [4.78, 5) is 30.7. The van der Waals surface area contributed by atoms with E-state index in [2.05, 4.69) is 20.4 Å². The van der Waals surface area contributed by atoms with E-state index in [1.54, 1.807) is 29.5 Å². The van der Waals surface area contributed by atoms with E-state index in [-0.39, 0.29) is 17.8 Å². The van der Waals surface area contributed by atoms with E-state index in [4.69, 9.17) is 24.4 Å². The first-order valence-corrected chi connectivity index (χ1v) is 15.1. The van der Waals surface area contributed by atoms with Crippen LogP contribution in [0.1, 0.15) is 40.6 Å². The number of imidazole rings is 1. The summed E-state index contributed by atoms with van der Waals surface area (Å²) in [5.41, 5.74) is 2.92. The Kier molecular flexibility index (Phi) is 7.22. The van der Waals surface area contributed by atoms with Gasteiger partial charge in [-0.3, -0.25) is 4.90 Å². The summed E-state index contributed by atoms with van der Waals surface area (Å²) in [6.07, 6.45) is 0.952. The Hall–Kier alpha value is -4.06. The molecule has 1 N–H and O–H groups in total. The highest BCUT2D eigenvalue weighted by Crippen LogP contribution is 2.30. The molecule has 10 nitrogen and oxygen atoms in total. The SMILES string of the molecule is C[C@@H](Oc1cccc(N2CCN(Cc3nc4ccc(C(=O)O)cc4n3C[C@@H]3CCO3)CC2)n1)c1nc2ccccc2s1. The number of aromatic carboxylic acids is 1. The van der Waals surface area contributed by atoms with Crippen molar-refractivity contribution in [2.45, 2.75) is 38.6 Å². The molecule has 216 valence electrons. The Morgan fingerprint density at radius 2 is 1.88 bits per heavy atom. The zero-order chi connectivity index (χ0) is 28.6. The van der Waals surface area contributed by atoms with Crippen LogP contribution in [0.25, 0.3) is 21.3 Å². The fourth-order valence-corrected chi connectivity index (χ4v) is 6.49. The largest absolute Gasteiger partial charge is 0.478 e. The smallest absolute Gasteiger partial charge is 0.335 e. The zero-order valence-electron chi connectivity index (χ0n) is 23.3. The van der Waals surface area contributed by atoms with Crippen molar-refractivity contribution < 1.29 is 19.4 Å². The number of thiazole rings is 1. The molecule has 2 saturated heterocycles. The number of aromatic nitrogens is 4. The number of ether oxygens (including phenoxy) is 2. The van der Waals surface area contributed by atoms with E-state index < -0.39 is 5.97 Å². The third-order valence-corrected chi connectivity index (χ3v) is 9.18. The molecule has 2 aliphatic rings. The number of nitrogens with zero attached hydrogens (tertiary/aromatic N) is 6. The molecule has 0 amide bonds. The van der Waals surface area contributed by atoms with Crippen molar-refractivity contribution in [2.24, 2.45) is 0 Å². The first kappa shape index (κ1) is 26.8. The molecule has 0 spiro atoms. The number of anilines is 1. The monoisotopic (exact) mass is 584 g/mol. The van der Waals surface area contributed by atoms with Gasteiger partial charge in [-0.1, -0.05) is 18.2 Å². The predicted molar refractivity (Wildman–Crippen MR) is 161 cm³/mol. The van der Waals surface area contributed by atoms with Gasteiger partial charge in [0.1, 0.15) is 22.8 Å². The fraction of sp³-hybridized carbons (Fsp3) is 0.355. The minimum Gasteiger partial charge on any atom is -0.478 e. The van der Waals surface area contributed by atoms with Crippen molar-refractivity contribution in [3.05, 3.63) is 77.1 Å². The summed E-state index contributed by atoms with van der Waals surface area (Å²) in [5.74, 6) is 1.50. The molecule has 2 fully saturated rings. The first-order chi connectivity index (χ1) is 20.5. The third-order valence-electron chi connectivity index (χ3n) is 7.98. The topological polar surface area (TPSA) is 106 Å². The molecule has 0 aliphatic carbocycles. The van der Waals surface area contributed by atoms with Gasteiger partial charge in [0, 0.05) is 38.9 Å². The van der Waals surface area contributed by atoms with E-state index in [1.165, 1.54) is 0 Å². The molecule has 0 unspecified atom stereocenters. The van der Waals surface area contributed by atoms with E-state index in [0.717, 1.165) is 77.1 Å². The number of hydrogen-bond donors (Lipinski definition) is 1. The van der Waals surface area contributed by atoms with Crippen LogP contribution in [0, 0.1) is 0 Å². The Balaban J connectivity index is 1.02. The normalized spacial score (nSPS) is 18.3. The Bertz CT molecular complexity index is 1710. The minimum atomic E-state index is -0.934. The van der Waals surface area contributed by atoms with Crippen molar-refractivity contribution in [2.75, 3.05) is 37.7 Å². The second-order valence-electron chi connectivity index (χ2n) is 10.8. The quantitative estimate of drug-likeness (QED) is 0.256. The molecule has 2 aromatic carbocycles. The molecule has 0 radical (unpaired) electrons. The van der Waals surface area contributed by atoms with E-state index in [9.17, 15) is 9.90 Å². The van der Waals surface area contributed by atoms with Crippen molar-refractivity contribution in [3.8, 4) is 5.88 Å². The number of fused-ring (bicyclic) bond motifs is 2. The van der Waals surface area contributed by atoms with Gasteiger partial charge >= 0.3 is 5.97 Å². The van der Waals surface area contributed by atoms with E-state index in [1.807, 2.05) is 43.3 Å². The summed E-state index contributed by atoms with van der Waals surface area (Å²) in [7, 11) is 0. The minimum absolute atomic E-state index is 0.143. The second kappa shape index (κ2) is 11.3. The Morgan fingerprint density at radius 3 is 2.64 bits per heavy atom. The van der Waals surface area contributed by atoms with Gasteiger partial charge in [0.2, 0.25) is 5.88 Å². The molecule has 5 aromatic rings. The molecule has 42 heavy (non-hydrogen) atoms. The van der Waals surface area contributed by atoms with E-state index >= 15 is 0 Å². The van der Waals surface area contributed by atoms with Gasteiger partial charge in [-0.15, -0.1) is 11.3 Å². The lowest BCUT2D eigenvalue weighted by Gasteiger charge is -2.35. The summed E-state index contributed by atoms with van der Waals surface area (Å²) in [6.45, 7) is 7.54. The average Bonchev–Trinajstić information content (AvgIpc) is 3.56. The highest BCUT2D eigenvalue weighted by molar-refractivity contribution is 7.18. The maximum atomic E-state index is 11.6. The number of carbonyl (C=O) groups is 1. The number of carboxylic acid groups (broad SMARTS) is 1. The summed E-state index contributed by atoms with van der Waals surface area (Å²) in [5, 5.41) is 10.5. The van der Waals surface area contributed by atoms with Crippen molar-refractivity contribution in [3.63, 3.8) is 0 Å². The average molecular weight is 585 g/mol. The summed E-state index contributed by atoms with van der Waals surface area (Å²) in [6, 6.07) is 19.2. The van der Waals surface area contributed by atoms with Gasteiger partial charge in [0.05, 0.1) is 46.0 Å². The third kappa shape index (κ3) is 5.42. The maximum absolute atomic E-state index is 11.6. The van der Waals surface area contributed by atoms with Gasteiger partial charge in [-0.2, -0.15) is 4.98 Å². The first-order valence-electron chi connectivity index (χ1n) is 14.3. The molecule has 3 aromatic heterocycles. The van der Waals surface area contributed by atoms with Gasteiger partial charge in [0.15, 0.2) is 0 Å². The van der Waals surface area contributed by atoms with Crippen LogP contribution in [0.5, 0.6) is 5.88 Å². The lowest BCUT2D eigenvalue weighted by atomic mass is 10.1. The zero-order valence-corrected chi connectivity index (χ0v) is 24.2. The van der Waals surface area contributed by atoms with Gasteiger partial charge < -0.3 is 24.0 Å². The summed E-state index contributed by atoms with van der Waals surface area (Å²) < 4.78 is 15.2. The number of piperazine rings is 1. The van der Waals surface area contributed by atoms with Crippen LogP contribution in [0.3, 0.4) is 0 Å². The molecule has 2 aliphatic heterocycles. The van der Waals surface area contributed by atoms with Gasteiger partial charge in [0.25, 0.3) is 0 Å². The van der Waals surface area contributed by atoms with E-state index in [0.29, 0.717) is 19.0 Å². The molecule has 7 rings (SSSR count). The van der Waals surface area contributed by atoms with Crippen LogP contribution < -0.4 is 9.64 Å². The molecule has 2 atom stereocenters. The number of hydrogen-bond acceptors (Lipinski definition) is 9. The number of pyridine rings is 1. The Morgan fingerprint density at radius 1 is 1.05 bits per heavy atom. The van der Waals surface area contributed by atoms with Crippen LogP contribution in [-0.2, 0) is 17.8 Å². The molecule has 11 heteroatoms. The van der Waals surface area contributed by atoms with Crippen LogP contribution in [0.15, 0.2) is 60.7 Å². The van der Waals surface area contributed by atoms with Crippen LogP contribution in [0.2, 0.25) is 0 Å².